The normalized spacial score (nSPS) is 8.87. The van der Waals surface area contributed by atoms with Gasteiger partial charge in [-0.25, -0.2) is 4.79 Å². The molecule has 15 heavy (non-hydrogen) atoms. The number of nitrogens with zero attached hydrogens (tertiary/aromatic N) is 1. The van der Waals surface area contributed by atoms with Crippen LogP contribution in [0, 0.1) is 0 Å². The Morgan fingerprint density at radius 3 is 2.47 bits per heavy atom. The van der Waals surface area contributed by atoms with Crippen molar-refractivity contribution in [1.29, 1.82) is 0 Å². The molecule has 0 heterocycles. The highest BCUT2D eigenvalue weighted by atomic mass is 16.5. The molecule has 5 heteroatoms. The van der Waals surface area contributed by atoms with E-state index in [4.69, 9.17) is 9.47 Å². The molecule has 1 rings (SSSR count). The number of isocyanates is 1. The zero-order valence-corrected chi connectivity index (χ0v) is 8.10. The van der Waals surface area contributed by atoms with E-state index >= 15 is 0 Å². The Hall–Kier alpha value is -2.13. The zero-order valence-electron chi connectivity index (χ0n) is 8.10. The molecule has 0 unspecified atom stereocenters. The van der Waals surface area contributed by atoms with Gasteiger partial charge in [-0.1, -0.05) is 0 Å². The molecule has 0 aromatic heterocycles. The highest BCUT2D eigenvalue weighted by molar-refractivity contribution is 5.82. The number of carbonyl (C=O) groups is 1. The molecule has 0 aliphatic heterocycles. The summed E-state index contributed by atoms with van der Waals surface area (Å²) in [5.74, 6) is 0.533. The molecule has 1 aromatic carbocycles. The molecule has 0 N–H and O–H groups in total. The second kappa shape index (κ2) is 5.57. The molecule has 0 aliphatic rings. The van der Waals surface area contributed by atoms with Crippen LogP contribution in [0.4, 0.5) is 0 Å². The smallest absolute Gasteiger partial charge is 0.294 e. The Morgan fingerprint density at radius 1 is 1.33 bits per heavy atom. The quantitative estimate of drug-likeness (QED) is 0.544. The third kappa shape index (κ3) is 3.62. The Morgan fingerprint density at radius 2 is 1.93 bits per heavy atom. The minimum Gasteiger partial charge on any atom is -0.497 e. The predicted octanol–water partition coefficient (Wildman–Crippen LogP) is 0.936. The van der Waals surface area contributed by atoms with Gasteiger partial charge in [0, 0.05) is 0 Å². The fourth-order valence-corrected chi connectivity index (χ4v) is 0.900. The fraction of sp³-hybridized carbons (Fsp3) is 0.200. The third-order valence-corrected chi connectivity index (χ3v) is 1.59. The zero-order chi connectivity index (χ0) is 11.1. The number of benzene rings is 1. The van der Waals surface area contributed by atoms with E-state index in [0.29, 0.717) is 11.5 Å². The number of amides is 1. The molecule has 0 aliphatic carbocycles. The van der Waals surface area contributed by atoms with Crippen molar-refractivity contribution in [2.75, 3.05) is 13.7 Å². The minimum atomic E-state index is -0.666. The number of hydrogen-bond donors (Lipinski definition) is 0. The minimum absolute atomic E-state index is 0.276. The summed E-state index contributed by atoms with van der Waals surface area (Å²) in [5, 5.41) is 0. The topological polar surface area (TPSA) is 65.0 Å². The summed E-state index contributed by atoms with van der Waals surface area (Å²) < 4.78 is 9.98. The van der Waals surface area contributed by atoms with Crippen molar-refractivity contribution < 1.29 is 19.1 Å². The summed E-state index contributed by atoms with van der Waals surface area (Å²) in [6, 6.07) is 6.69. The Balaban J connectivity index is 2.51. The van der Waals surface area contributed by atoms with E-state index in [1.54, 1.807) is 31.4 Å². The molecule has 0 radical (unpaired) electrons. The lowest BCUT2D eigenvalue weighted by atomic mass is 10.3. The van der Waals surface area contributed by atoms with E-state index in [0.717, 1.165) is 6.08 Å². The van der Waals surface area contributed by atoms with Gasteiger partial charge >= 0.3 is 0 Å². The first-order valence-electron chi connectivity index (χ1n) is 4.14. The van der Waals surface area contributed by atoms with Crippen LogP contribution in [0.1, 0.15) is 0 Å². The van der Waals surface area contributed by atoms with Gasteiger partial charge in [-0.3, -0.25) is 4.79 Å². The highest BCUT2D eigenvalue weighted by Crippen LogP contribution is 2.16. The van der Waals surface area contributed by atoms with Crippen molar-refractivity contribution in [2.24, 2.45) is 4.99 Å². The van der Waals surface area contributed by atoms with Gasteiger partial charge in [0.25, 0.3) is 5.91 Å². The maximum atomic E-state index is 10.8. The number of methoxy groups -OCH3 is 1. The van der Waals surface area contributed by atoms with E-state index in [1.807, 2.05) is 0 Å². The average molecular weight is 207 g/mol. The molecule has 1 aromatic rings. The molecule has 0 bridgehead atoms. The van der Waals surface area contributed by atoms with Gasteiger partial charge in [0.2, 0.25) is 6.08 Å². The van der Waals surface area contributed by atoms with Gasteiger partial charge in [0.05, 0.1) is 7.11 Å². The van der Waals surface area contributed by atoms with Crippen LogP contribution in [-0.4, -0.2) is 25.7 Å². The van der Waals surface area contributed by atoms with Crippen molar-refractivity contribution in [3.8, 4) is 11.5 Å². The monoisotopic (exact) mass is 207 g/mol. The van der Waals surface area contributed by atoms with Crippen LogP contribution in [-0.2, 0) is 9.59 Å². The van der Waals surface area contributed by atoms with Crippen molar-refractivity contribution in [2.45, 2.75) is 0 Å². The molecular formula is C10H9NO4. The van der Waals surface area contributed by atoms with Gasteiger partial charge < -0.3 is 9.47 Å². The van der Waals surface area contributed by atoms with Crippen molar-refractivity contribution in [1.82, 2.24) is 0 Å². The van der Waals surface area contributed by atoms with E-state index in [9.17, 15) is 9.59 Å². The average Bonchev–Trinajstić information content (AvgIpc) is 2.27. The van der Waals surface area contributed by atoms with Gasteiger partial charge in [0.1, 0.15) is 11.5 Å². The number of rotatable bonds is 4. The number of aliphatic imine (C=N–C) groups is 1. The first-order valence-corrected chi connectivity index (χ1v) is 4.14. The van der Waals surface area contributed by atoms with Crippen LogP contribution in [0.3, 0.4) is 0 Å². The first kappa shape index (κ1) is 10.9. The SMILES string of the molecule is COc1ccc(OCC(=O)N=C=O)cc1. The number of hydrogen-bond acceptors (Lipinski definition) is 4. The molecule has 5 nitrogen and oxygen atoms in total. The molecule has 0 fully saturated rings. The molecule has 0 saturated heterocycles. The maximum Gasteiger partial charge on any atom is 0.294 e. The molecule has 78 valence electrons. The standard InChI is InChI=1S/C10H9NO4/c1-14-8-2-4-9(5-3-8)15-6-10(13)11-7-12/h2-5H,6H2,1H3. The van der Waals surface area contributed by atoms with E-state index in [2.05, 4.69) is 4.99 Å². The summed E-state index contributed by atoms with van der Waals surface area (Å²) in [4.78, 5) is 23.4. The van der Waals surface area contributed by atoms with Crippen LogP contribution >= 0.6 is 0 Å². The van der Waals surface area contributed by atoms with Crippen LogP contribution < -0.4 is 9.47 Å². The molecule has 0 saturated carbocycles. The van der Waals surface area contributed by atoms with Gasteiger partial charge in [-0.15, -0.1) is 4.99 Å². The van der Waals surface area contributed by atoms with E-state index in [1.165, 1.54) is 0 Å². The third-order valence-electron chi connectivity index (χ3n) is 1.59. The lowest BCUT2D eigenvalue weighted by Gasteiger charge is -2.03. The summed E-state index contributed by atoms with van der Waals surface area (Å²) in [6.07, 6.45) is 1.15. The van der Waals surface area contributed by atoms with Gasteiger partial charge in [-0.05, 0) is 24.3 Å². The Bertz CT molecular complexity index is 379. The molecule has 0 spiro atoms. The van der Waals surface area contributed by atoms with Crippen molar-refractivity contribution >= 4 is 12.0 Å². The largest absolute Gasteiger partial charge is 0.497 e. The number of carbonyl (C=O) groups excluding carboxylic acids is 2. The second-order valence-electron chi connectivity index (χ2n) is 2.56. The number of ether oxygens (including phenoxy) is 2. The summed E-state index contributed by atoms with van der Waals surface area (Å²) in [6.45, 7) is -0.276. The summed E-state index contributed by atoms with van der Waals surface area (Å²) >= 11 is 0. The Labute approximate surface area is 86.3 Å². The second-order valence-corrected chi connectivity index (χ2v) is 2.56. The lowest BCUT2D eigenvalue weighted by Crippen LogP contribution is -2.07. The van der Waals surface area contributed by atoms with Crippen LogP contribution in [0.15, 0.2) is 29.3 Å². The van der Waals surface area contributed by atoms with Crippen LogP contribution in [0.2, 0.25) is 0 Å². The highest BCUT2D eigenvalue weighted by Gasteiger charge is 2.00. The van der Waals surface area contributed by atoms with Crippen LogP contribution in [0.5, 0.6) is 11.5 Å². The molecule has 0 atom stereocenters. The van der Waals surface area contributed by atoms with E-state index < -0.39 is 5.91 Å². The van der Waals surface area contributed by atoms with Gasteiger partial charge in [0.15, 0.2) is 6.61 Å². The van der Waals surface area contributed by atoms with Crippen molar-refractivity contribution in [3.63, 3.8) is 0 Å². The summed E-state index contributed by atoms with van der Waals surface area (Å²) in [5.41, 5.74) is 0. The van der Waals surface area contributed by atoms with Gasteiger partial charge in [-0.2, -0.15) is 0 Å². The van der Waals surface area contributed by atoms with E-state index in [-0.39, 0.29) is 6.61 Å². The maximum absolute atomic E-state index is 10.8. The first-order chi connectivity index (χ1) is 7.26. The fourth-order valence-electron chi connectivity index (χ4n) is 0.900. The summed E-state index contributed by atoms with van der Waals surface area (Å²) in [7, 11) is 1.55. The molecular weight excluding hydrogens is 198 g/mol. The van der Waals surface area contributed by atoms with Crippen LogP contribution in [0.25, 0.3) is 0 Å². The predicted molar refractivity (Wildman–Crippen MR) is 51.6 cm³/mol. The Kier molecular flexibility index (Phi) is 4.06. The molecule has 1 amide bonds. The lowest BCUT2D eigenvalue weighted by molar-refractivity contribution is -0.119. The van der Waals surface area contributed by atoms with Crippen molar-refractivity contribution in [3.05, 3.63) is 24.3 Å².